The van der Waals surface area contributed by atoms with Gasteiger partial charge in [-0.15, -0.1) is 5.10 Å². The van der Waals surface area contributed by atoms with E-state index in [-0.39, 0.29) is 19.2 Å². The molecule has 2 N–H and O–H groups in total. The van der Waals surface area contributed by atoms with Crippen LogP contribution in [-0.4, -0.2) is 85.8 Å². The number of imidazole rings is 1. The highest BCUT2D eigenvalue weighted by Crippen LogP contribution is 2.31. The molecule has 4 rings (SSSR count). The van der Waals surface area contributed by atoms with Gasteiger partial charge in [-0.25, -0.2) is 14.2 Å². The van der Waals surface area contributed by atoms with Crippen LogP contribution in [0.25, 0.3) is 11.2 Å². The molecule has 3 aromatic rings. The van der Waals surface area contributed by atoms with Crippen molar-refractivity contribution in [2.24, 2.45) is 12.0 Å². The lowest BCUT2D eigenvalue weighted by Gasteiger charge is -2.19. The minimum absolute atomic E-state index is 0.00287. The van der Waals surface area contributed by atoms with E-state index in [2.05, 4.69) is 42.3 Å². The fraction of sp³-hybridized carbons (Fsp3) is 0.586. The summed E-state index contributed by atoms with van der Waals surface area (Å²) in [6, 6.07) is -0.824. The van der Waals surface area contributed by atoms with E-state index in [1.165, 1.54) is 0 Å². The van der Waals surface area contributed by atoms with Crippen molar-refractivity contribution in [2.45, 2.75) is 77.2 Å². The van der Waals surface area contributed by atoms with Gasteiger partial charge in [0.2, 0.25) is 5.95 Å². The van der Waals surface area contributed by atoms with Crippen molar-refractivity contribution in [1.29, 1.82) is 0 Å². The molecule has 14 nitrogen and oxygen atoms in total. The first-order chi connectivity index (χ1) is 21.0. The summed E-state index contributed by atoms with van der Waals surface area (Å²) in [6.45, 7) is 10.4. The third-order valence-corrected chi connectivity index (χ3v) is 6.92. The molecule has 240 valence electrons. The second-order valence-corrected chi connectivity index (χ2v) is 11.7. The van der Waals surface area contributed by atoms with Gasteiger partial charge in [0.05, 0.1) is 32.2 Å². The van der Waals surface area contributed by atoms with Crippen LogP contribution >= 0.6 is 0 Å². The van der Waals surface area contributed by atoms with Crippen LogP contribution in [0.1, 0.15) is 52.9 Å². The minimum Gasteiger partial charge on any atom is -0.859 e. The first-order valence-electron chi connectivity index (χ1n) is 14.8. The number of anilines is 3. The molecule has 1 saturated heterocycles. The van der Waals surface area contributed by atoms with Gasteiger partial charge in [-0.3, -0.25) is 9.67 Å². The molecule has 0 radical (unpaired) electrons. The summed E-state index contributed by atoms with van der Waals surface area (Å²) in [5.41, 5.74) is 1.20. The molecule has 1 amide bonds. The summed E-state index contributed by atoms with van der Waals surface area (Å²) in [5, 5.41) is 22.3. The predicted molar refractivity (Wildman–Crippen MR) is 164 cm³/mol. The van der Waals surface area contributed by atoms with Crippen molar-refractivity contribution in [3.8, 4) is 5.88 Å². The smallest absolute Gasteiger partial charge is 0.407 e. The number of hydrogen-bond acceptors (Lipinski definition) is 11. The Labute approximate surface area is 256 Å². The maximum absolute atomic E-state index is 14.7. The molecule has 0 spiro atoms. The number of nitrogens with zero attached hydrogens (tertiary/aromatic N) is 8. The largest absolute Gasteiger partial charge is 0.859 e. The number of ether oxygens (including phenoxy) is 2. The average Bonchev–Trinajstić information content (AvgIpc) is 3.65. The summed E-state index contributed by atoms with van der Waals surface area (Å²) in [5.74, 6) is 0.555. The molecule has 1 aliphatic heterocycles. The molecule has 3 aromatic heterocycles. The molecular formula is C29H42FN10O4-. The van der Waals surface area contributed by atoms with Gasteiger partial charge < -0.3 is 34.7 Å². The Morgan fingerprint density at radius 1 is 1.23 bits per heavy atom. The number of nitrogens with one attached hydrogen (secondary N) is 2. The van der Waals surface area contributed by atoms with Gasteiger partial charge in [0.25, 0.3) is 5.88 Å². The van der Waals surface area contributed by atoms with Crippen molar-refractivity contribution < 1.29 is 23.8 Å². The van der Waals surface area contributed by atoms with Crippen molar-refractivity contribution in [3.63, 3.8) is 0 Å². The fourth-order valence-corrected chi connectivity index (χ4v) is 4.79. The highest BCUT2D eigenvalue weighted by Gasteiger charge is 2.34. The number of aliphatic imine (C=N–C) groups is 1. The molecule has 44 heavy (non-hydrogen) atoms. The topological polar surface area (TPSA) is 160 Å². The van der Waals surface area contributed by atoms with E-state index >= 15 is 0 Å². The number of carbonyl (C=O) groups excluding carboxylic acids is 1. The van der Waals surface area contributed by atoms with Gasteiger partial charge in [0, 0.05) is 26.7 Å². The van der Waals surface area contributed by atoms with E-state index in [0.717, 1.165) is 38.2 Å². The van der Waals surface area contributed by atoms with Crippen LogP contribution in [0.3, 0.4) is 0 Å². The summed E-state index contributed by atoms with van der Waals surface area (Å²) < 4.78 is 29.1. The number of rotatable bonds is 14. The zero-order valence-corrected chi connectivity index (χ0v) is 26.0. The van der Waals surface area contributed by atoms with Gasteiger partial charge in [0.15, 0.2) is 17.0 Å². The van der Waals surface area contributed by atoms with Gasteiger partial charge in [-0.1, -0.05) is 31.9 Å². The highest BCUT2D eigenvalue weighted by molar-refractivity contribution is 5.87. The van der Waals surface area contributed by atoms with Crippen LogP contribution in [0.5, 0.6) is 5.88 Å². The molecule has 1 fully saturated rings. The molecule has 15 heteroatoms. The number of carbonyl (C=O) groups is 1. The Hall–Kier alpha value is -4.43. The number of aryl methyl sites for hydroxylation is 2. The van der Waals surface area contributed by atoms with E-state index in [1.54, 1.807) is 22.9 Å². The fourth-order valence-electron chi connectivity index (χ4n) is 4.79. The molecule has 1 aliphatic rings. The van der Waals surface area contributed by atoms with Gasteiger partial charge >= 0.3 is 6.09 Å². The molecule has 2 atom stereocenters. The SMILES string of the molecule is C=CC([O-])=NC1CN(c2nc(Nc3cn(CCCCCCCNC(=O)OC(C)(C)C)nc3OC)c3ncn(C)c3n2)C[C@H]1F. The Bertz CT molecular complexity index is 1460. The first-order valence-corrected chi connectivity index (χ1v) is 14.8. The third kappa shape index (κ3) is 8.57. The molecule has 0 aromatic carbocycles. The normalized spacial score (nSPS) is 17.2. The van der Waals surface area contributed by atoms with Crippen LogP contribution in [0.2, 0.25) is 0 Å². The van der Waals surface area contributed by atoms with Crippen LogP contribution in [0.4, 0.5) is 26.6 Å². The Morgan fingerprint density at radius 2 is 1.98 bits per heavy atom. The summed E-state index contributed by atoms with van der Waals surface area (Å²) >= 11 is 0. The third-order valence-electron chi connectivity index (χ3n) is 6.92. The van der Waals surface area contributed by atoms with E-state index in [0.29, 0.717) is 47.6 Å². The number of methoxy groups -OCH3 is 1. The van der Waals surface area contributed by atoms with Gasteiger partial charge in [-0.2, -0.15) is 9.97 Å². The molecule has 0 bridgehead atoms. The Balaban J connectivity index is 1.35. The van der Waals surface area contributed by atoms with Crippen LogP contribution < -0.4 is 25.4 Å². The number of halogens is 1. The number of aromatic nitrogens is 6. The van der Waals surface area contributed by atoms with Crippen LogP contribution in [0.15, 0.2) is 30.2 Å². The number of alkyl carbamates (subject to hydrolysis) is 1. The summed E-state index contributed by atoms with van der Waals surface area (Å²) in [4.78, 5) is 31.0. The van der Waals surface area contributed by atoms with Crippen molar-refractivity contribution in [1.82, 2.24) is 34.6 Å². The lowest BCUT2D eigenvalue weighted by molar-refractivity contribution is -0.212. The van der Waals surface area contributed by atoms with Crippen molar-refractivity contribution >= 4 is 40.6 Å². The van der Waals surface area contributed by atoms with Crippen molar-refractivity contribution in [2.75, 3.05) is 37.0 Å². The number of alkyl halides is 1. The lowest BCUT2D eigenvalue weighted by atomic mass is 10.1. The lowest BCUT2D eigenvalue weighted by Crippen LogP contribution is -2.32. The standard InChI is InChI=1S/C29H43FN10O4/c1-7-22(41)33-20-16-39(15-19(20)30)27-35-24(23-25(36-27)38(5)18-32-23)34-21-17-40(37-26(21)43-6)14-12-10-8-9-11-13-31-28(42)44-29(2,3)4/h7,17-20H,1,8-16H2,2-6H3,(H,31,42)(H,33,41)(H,34,35,36)/p-1/t19-,20?/m1/s1. The average molecular weight is 614 g/mol. The maximum atomic E-state index is 14.7. The van der Waals surface area contributed by atoms with Crippen molar-refractivity contribution in [3.05, 3.63) is 25.2 Å². The van der Waals surface area contributed by atoms with Crippen LogP contribution in [0, 0.1) is 0 Å². The maximum Gasteiger partial charge on any atom is 0.407 e. The zero-order valence-electron chi connectivity index (χ0n) is 26.0. The molecule has 1 unspecified atom stereocenters. The van der Waals surface area contributed by atoms with E-state index < -0.39 is 23.7 Å². The monoisotopic (exact) mass is 613 g/mol. The Kier molecular flexibility index (Phi) is 10.6. The summed E-state index contributed by atoms with van der Waals surface area (Å²) in [6.07, 6.45) is 7.68. The number of amides is 1. The molecule has 0 saturated carbocycles. The second kappa shape index (κ2) is 14.4. The molecular weight excluding hydrogens is 571 g/mol. The van der Waals surface area contributed by atoms with Crippen LogP contribution in [-0.2, 0) is 18.3 Å². The highest BCUT2D eigenvalue weighted by atomic mass is 19.1. The Morgan fingerprint density at radius 3 is 2.70 bits per heavy atom. The number of hydrogen-bond donors (Lipinski definition) is 2. The van der Waals surface area contributed by atoms with E-state index in [1.807, 2.05) is 38.7 Å². The van der Waals surface area contributed by atoms with E-state index in [9.17, 15) is 14.3 Å². The molecule has 0 aliphatic carbocycles. The first kappa shape index (κ1) is 32.5. The minimum atomic E-state index is -1.34. The number of fused-ring (bicyclic) bond motifs is 1. The summed E-state index contributed by atoms with van der Waals surface area (Å²) in [7, 11) is 3.36. The quantitative estimate of drug-likeness (QED) is 0.157. The number of unbranched alkanes of at least 4 members (excludes halogenated alkanes) is 4. The zero-order chi connectivity index (χ0) is 31.9. The van der Waals surface area contributed by atoms with Gasteiger partial charge in [-0.05, 0) is 39.5 Å². The molecule has 4 heterocycles. The second-order valence-electron chi connectivity index (χ2n) is 11.7. The van der Waals surface area contributed by atoms with E-state index in [4.69, 9.17) is 9.47 Å². The van der Waals surface area contributed by atoms with Gasteiger partial charge in [0.1, 0.15) is 17.5 Å². The predicted octanol–water partition coefficient (Wildman–Crippen LogP) is 3.26.